The molecule has 1 heterocycles. The summed E-state index contributed by atoms with van der Waals surface area (Å²) in [6.45, 7) is 2.31. The molecule has 0 spiro atoms. The van der Waals surface area contributed by atoms with Crippen molar-refractivity contribution in [1.29, 1.82) is 0 Å². The first-order valence-electron chi connectivity index (χ1n) is 11.8. The highest BCUT2D eigenvalue weighted by Crippen LogP contribution is 2.28. The van der Waals surface area contributed by atoms with Crippen LogP contribution in [0.4, 0.5) is 0 Å². The van der Waals surface area contributed by atoms with Gasteiger partial charge in [-0.3, -0.25) is 19.2 Å². The standard InChI is InChI=1S/C27H29N3O8/c1-3-36-22-14-20(13-21(15-22)27(34)35-2)23-9-10-24(38-23)26(33)29-17-28-25(32)11-12-30(18-31)37-16-19-7-5-4-6-8-19/h4-10,13-15,18H,3,11-12,16-17H2,1-2H3,(H,28,32)(H,29,33). The normalized spacial score (nSPS) is 10.4. The first-order chi connectivity index (χ1) is 18.4. The number of nitrogens with one attached hydrogen (secondary N) is 2. The smallest absolute Gasteiger partial charge is 0.338 e. The van der Waals surface area contributed by atoms with Gasteiger partial charge in [0.25, 0.3) is 5.91 Å². The summed E-state index contributed by atoms with van der Waals surface area (Å²) >= 11 is 0. The van der Waals surface area contributed by atoms with E-state index in [1.165, 1.54) is 13.2 Å². The number of benzene rings is 2. The number of ether oxygens (including phenoxy) is 2. The SMILES string of the molecule is CCOc1cc(C(=O)OC)cc(-c2ccc(C(=O)NCNC(=O)CCN(C=O)OCc3ccccc3)o2)c1. The number of carbonyl (C=O) groups is 4. The van der Waals surface area contributed by atoms with Crippen molar-refractivity contribution in [2.24, 2.45) is 0 Å². The maximum Gasteiger partial charge on any atom is 0.338 e. The van der Waals surface area contributed by atoms with Crippen molar-refractivity contribution >= 4 is 24.2 Å². The molecule has 3 amide bonds. The summed E-state index contributed by atoms with van der Waals surface area (Å²) in [6.07, 6.45) is 0.484. The monoisotopic (exact) mass is 523 g/mol. The highest BCUT2D eigenvalue weighted by molar-refractivity contribution is 5.93. The number of hydrogen-bond donors (Lipinski definition) is 2. The molecule has 2 aromatic carbocycles. The Morgan fingerprint density at radius 2 is 1.82 bits per heavy atom. The van der Waals surface area contributed by atoms with Crippen LogP contribution in [0.15, 0.2) is 65.1 Å². The van der Waals surface area contributed by atoms with Crippen LogP contribution in [0, 0.1) is 0 Å². The van der Waals surface area contributed by atoms with Crippen LogP contribution < -0.4 is 15.4 Å². The fraction of sp³-hybridized carbons (Fsp3) is 0.259. The van der Waals surface area contributed by atoms with Gasteiger partial charge in [0.15, 0.2) is 5.76 Å². The van der Waals surface area contributed by atoms with Crippen molar-refractivity contribution in [2.45, 2.75) is 20.0 Å². The average molecular weight is 524 g/mol. The van der Waals surface area contributed by atoms with Gasteiger partial charge in [-0.2, -0.15) is 0 Å². The van der Waals surface area contributed by atoms with Crippen LogP contribution in [0.5, 0.6) is 5.75 Å². The van der Waals surface area contributed by atoms with Crippen molar-refractivity contribution in [3.63, 3.8) is 0 Å². The van der Waals surface area contributed by atoms with Crippen molar-refractivity contribution in [3.8, 4) is 17.1 Å². The first-order valence-corrected chi connectivity index (χ1v) is 11.8. The summed E-state index contributed by atoms with van der Waals surface area (Å²) in [5, 5.41) is 6.12. The van der Waals surface area contributed by atoms with E-state index in [0.29, 0.717) is 30.1 Å². The summed E-state index contributed by atoms with van der Waals surface area (Å²) in [5.74, 6) is -0.663. The molecule has 0 unspecified atom stereocenters. The Morgan fingerprint density at radius 1 is 1.03 bits per heavy atom. The van der Waals surface area contributed by atoms with Gasteiger partial charge in [-0.25, -0.2) is 9.86 Å². The summed E-state index contributed by atoms with van der Waals surface area (Å²) in [5.41, 5.74) is 1.69. The zero-order chi connectivity index (χ0) is 27.3. The van der Waals surface area contributed by atoms with Crippen molar-refractivity contribution < 1.29 is 37.9 Å². The minimum Gasteiger partial charge on any atom is -0.494 e. The van der Waals surface area contributed by atoms with Gasteiger partial charge in [-0.15, -0.1) is 0 Å². The molecule has 0 fully saturated rings. The molecular formula is C27H29N3O8. The van der Waals surface area contributed by atoms with Gasteiger partial charge in [0.1, 0.15) is 18.1 Å². The molecule has 11 heteroatoms. The molecular weight excluding hydrogens is 494 g/mol. The lowest BCUT2D eigenvalue weighted by molar-refractivity contribution is -0.178. The highest BCUT2D eigenvalue weighted by atomic mass is 16.7. The van der Waals surface area contributed by atoms with Crippen molar-refractivity contribution in [1.82, 2.24) is 15.7 Å². The Morgan fingerprint density at radius 3 is 2.53 bits per heavy atom. The Labute approximate surface area is 219 Å². The molecule has 0 saturated carbocycles. The quantitative estimate of drug-likeness (QED) is 0.142. The summed E-state index contributed by atoms with van der Waals surface area (Å²) in [4.78, 5) is 53.1. The van der Waals surface area contributed by atoms with Gasteiger partial charge in [-0.05, 0) is 42.8 Å². The van der Waals surface area contributed by atoms with E-state index in [-0.39, 0.29) is 43.5 Å². The molecule has 0 radical (unpaired) electrons. The van der Waals surface area contributed by atoms with Gasteiger partial charge in [0.05, 0.1) is 32.5 Å². The number of esters is 1. The van der Waals surface area contributed by atoms with E-state index in [0.717, 1.165) is 10.6 Å². The van der Waals surface area contributed by atoms with Crippen molar-refractivity contribution in [3.05, 3.63) is 77.6 Å². The topological polar surface area (TPSA) is 136 Å². The third-order valence-electron chi connectivity index (χ3n) is 5.20. The fourth-order valence-corrected chi connectivity index (χ4v) is 3.33. The minimum absolute atomic E-state index is 0.0112. The van der Waals surface area contributed by atoms with Gasteiger partial charge in [-0.1, -0.05) is 30.3 Å². The van der Waals surface area contributed by atoms with E-state index < -0.39 is 11.9 Å². The van der Waals surface area contributed by atoms with Gasteiger partial charge in [0, 0.05) is 12.0 Å². The Hall–Kier alpha value is -4.64. The number of methoxy groups -OCH3 is 1. The highest BCUT2D eigenvalue weighted by Gasteiger charge is 2.16. The maximum atomic E-state index is 12.5. The lowest BCUT2D eigenvalue weighted by Crippen LogP contribution is -2.38. The predicted octanol–water partition coefficient (Wildman–Crippen LogP) is 2.92. The number of hydroxylamine groups is 2. The van der Waals surface area contributed by atoms with E-state index in [9.17, 15) is 19.2 Å². The second kappa shape index (κ2) is 14.2. The summed E-state index contributed by atoms with van der Waals surface area (Å²) in [6, 6.07) is 17.2. The zero-order valence-corrected chi connectivity index (χ0v) is 21.1. The molecule has 11 nitrogen and oxygen atoms in total. The van der Waals surface area contributed by atoms with Crippen LogP contribution in [0.1, 0.15) is 39.8 Å². The third-order valence-corrected chi connectivity index (χ3v) is 5.20. The van der Waals surface area contributed by atoms with Crippen LogP contribution in [-0.4, -0.2) is 56.2 Å². The summed E-state index contributed by atoms with van der Waals surface area (Å²) in [7, 11) is 1.28. The molecule has 0 aliphatic heterocycles. The number of nitrogens with zero attached hydrogens (tertiary/aromatic N) is 1. The molecule has 0 atom stereocenters. The van der Waals surface area contributed by atoms with E-state index in [2.05, 4.69) is 10.6 Å². The van der Waals surface area contributed by atoms with E-state index in [1.807, 2.05) is 37.3 Å². The Bertz CT molecular complexity index is 1240. The molecule has 38 heavy (non-hydrogen) atoms. The third kappa shape index (κ3) is 8.20. The predicted molar refractivity (Wildman–Crippen MR) is 136 cm³/mol. The minimum atomic E-state index is -0.550. The average Bonchev–Trinajstić information content (AvgIpc) is 3.44. The van der Waals surface area contributed by atoms with Crippen LogP contribution in [0.3, 0.4) is 0 Å². The molecule has 1 aromatic heterocycles. The molecule has 0 aliphatic carbocycles. The maximum absolute atomic E-state index is 12.5. The van der Waals surface area contributed by atoms with Gasteiger partial charge >= 0.3 is 5.97 Å². The second-order valence-corrected chi connectivity index (χ2v) is 7.87. The number of rotatable bonds is 14. The van der Waals surface area contributed by atoms with Crippen molar-refractivity contribution in [2.75, 3.05) is 26.9 Å². The number of hydrogen-bond acceptors (Lipinski definition) is 8. The largest absolute Gasteiger partial charge is 0.494 e. The molecule has 0 saturated heterocycles. The lowest BCUT2D eigenvalue weighted by Gasteiger charge is -2.16. The number of amides is 3. The lowest BCUT2D eigenvalue weighted by atomic mass is 10.1. The molecule has 3 rings (SSSR count). The Balaban J connectivity index is 1.48. The number of furan rings is 1. The van der Waals surface area contributed by atoms with Gasteiger partial charge in [0.2, 0.25) is 12.3 Å². The van der Waals surface area contributed by atoms with Crippen LogP contribution in [-0.2, 0) is 25.8 Å². The zero-order valence-electron chi connectivity index (χ0n) is 21.1. The first kappa shape index (κ1) is 27.9. The molecule has 0 aliphatic rings. The van der Waals surface area contributed by atoms with Crippen LogP contribution >= 0.6 is 0 Å². The molecule has 0 bridgehead atoms. The summed E-state index contributed by atoms with van der Waals surface area (Å²) < 4.78 is 15.9. The number of carbonyl (C=O) groups excluding carboxylic acids is 4. The second-order valence-electron chi connectivity index (χ2n) is 7.87. The van der Waals surface area contributed by atoms with Crippen LogP contribution in [0.2, 0.25) is 0 Å². The Kier molecular flexibility index (Phi) is 10.4. The van der Waals surface area contributed by atoms with Crippen LogP contribution in [0.25, 0.3) is 11.3 Å². The van der Waals surface area contributed by atoms with E-state index in [4.69, 9.17) is 18.7 Å². The van der Waals surface area contributed by atoms with E-state index >= 15 is 0 Å². The van der Waals surface area contributed by atoms with E-state index in [1.54, 1.807) is 24.3 Å². The molecule has 2 N–H and O–H groups in total. The molecule has 200 valence electrons. The fourth-order valence-electron chi connectivity index (χ4n) is 3.33. The molecule has 3 aromatic rings. The van der Waals surface area contributed by atoms with Gasteiger partial charge < -0.3 is 24.5 Å².